The molecule has 1 atom stereocenters. The van der Waals surface area contributed by atoms with Crippen LogP contribution in [0, 0.1) is 6.92 Å². The molecule has 27 heavy (non-hydrogen) atoms. The van der Waals surface area contributed by atoms with Crippen LogP contribution in [0.2, 0.25) is 0 Å². The molecule has 0 radical (unpaired) electrons. The fourth-order valence-corrected chi connectivity index (χ4v) is 3.78. The van der Waals surface area contributed by atoms with Gasteiger partial charge < -0.3 is 10.1 Å². The highest BCUT2D eigenvalue weighted by Gasteiger charge is 2.33. The molecule has 2 N–H and O–H groups in total. The average Bonchev–Trinajstić information content (AvgIpc) is 3.27. The number of anilines is 1. The molecule has 3 heterocycles. The minimum atomic E-state index is -0.0739. The second-order valence-corrected chi connectivity index (χ2v) is 6.80. The number of nitrogens with one attached hydrogen (secondary N) is 2. The molecule has 0 aliphatic carbocycles. The van der Waals surface area contributed by atoms with Crippen molar-refractivity contribution in [2.75, 3.05) is 12.4 Å². The number of aryl methyl sites for hydroxylation is 1. The van der Waals surface area contributed by atoms with Gasteiger partial charge in [-0.1, -0.05) is 6.92 Å². The number of aromatic amines is 1. The molecule has 0 bridgehead atoms. The van der Waals surface area contributed by atoms with Crippen LogP contribution in [0.5, 0.6) is 5.75 Å². The lowest BCUT2D eigenvalue weighted by Crippen LogP contribution is -2.23. The predicted molar refractivity (Wildman–Crippen MR) is 103 cm³/mol. The summed E-state index contributed by atoms with van der Waals surface area (Å²) >= 11 is 0. The molecular formula is C20H23N5O2. The van der Waals surface area contributed by atoms with Gasteiger partial charge in [0.2, 0.25) is 5.91 Å². The van der Waals surface area contributed by atoms with Gasteiger partial charge in [-0.3, -0.25) is 14.6 Å². The number of benzene rings is 1. The normalized spacial score (nSPS) is 16.1. The zero-order valence-corrected chi connectivity index (χ0v) is 15.7. The lowest BCUT2D eigenvalue weighted by atomic mass is 9.85. The van der Waals surface area contributed by atoms with Crippen molar-refractivity contribution in [3.05, 3.63) is 47.3 Å². The number of nitrogens with zero attached hydrogens (tertiary/aromatic N) is 3. The van der Waals surface area contributed by atoms with Crippen molar-refractivity contribution in [2.45, 2.75) is 39.2 Å². The fourth-order valence-electron chi connectivity index (χ4n) is 3.78. The number of ether oxygens (including phenoxy) is 1. The van der Waals surface area contributed by atoms with Crippen LogP contribution in [-0.2, 0) is 11.3 Å². The van der Waals surface area contributed by atoms with Crippen LogP contribution >= 0.6 is 0 Å². The Balaban J connectivity index is 1.79. The van der Waals surface area contributed by atoms with Crippen LogP contribution in [0.4, 0.5) is 5.82 Å². The van der Waals surface area contributed by atoms with Crippen molar-refractivity contribution in [2.24, 2.45) is 0 Å². The minimum Gasteiger partial charge on any atom is -0.497 e. The molecule has 1 aliphatic rings. The van der Waals surface area contributed by atoms with Gasteiger partial charge in [-0.05, 0) is 37.6 Å². The Bertz CT molecular complexity index is 971. The van der Waals surface area contributed by atoms with Crippen LogP contribution in [0.1, 0.15) is 42.5 Å². The topological polar surface area (TPSA) is 84.8 Å². The summed E-state index contributed by atoms with van der Waals surface area (Å²) < 4.78 is 7.23. The molecule has 1 unspecified atom stereocenters. The number of amides is 1. The second kappa shape index (κ2) is 6.90. The lowest BCUT2D eigenvalue weighted by Gasteiger charge is -2.22. The Kier molecular flexibility index (Phi) is 4.43. The van der Waals surface area contributed by atoms with Crippen LogP contribution < -0.4 is 10.1 Å². The maximum Gasteiger partial charge on any atom is 0.226 e. The summed E-state index contributed by atoms with van der Waals surface area (Å²) in [5, 5.41) is 14.9. The first-order valence-corrected chi connectivity index (χ1v) is 9.17. The van der Waals surface area contributed by atoms with Gasteiger partial charge in [0.25, 0.3) is 0 Å². The van der Waals surface area contributed by atoms with E-state index in [1.807, 2.05) is 35.1 Å². The first-order chi connectivity index (χ1) is 13.1. The van der Waals surface area contributed by atoms with E-state index in [4.69, 9.17) is 4.74 Å². The number of fused-ring (bicyclic) bond motifs is 1. The summed E-state index contributed by atoms with van der Waals surface area (Å²) in [6.07, 6.45) is 3.19. The number of hydrogen-bond acceptors (Lipinski definition) is 4. The highest BCUT2D eigenvalue weighted by Crippen LogP contribution is 2.41. The molecule has 0 saturated carbocycles. The fraction of sp³-hybridized carbons (Fsp3) is 0.350. The SMILES string of the molecule is CCCn1nc2c(c1C)C(c1cn[nH]c1-c1ccc(OC)cc1)CC(=O)N2. The smallest absolute Gasteiger partial charge is 0.226 e. The highest BCUT2D eigenvalue weighted by atomic mass is 16.5. The maximum absolute atomic E-state index is 12.3. The number of aromatic nitrogens is 4. The van der Waals surface area contributed by atoms with Crippen LogP contribution in [0.25, 0.3) is 11.3 Å². The predicted octanol–water partition coefficient (Wildman–Crippen LogP) is 3.47. The third-order valence-corrected chi connectivity index (χ3v) is 5.11. The summed E-state index contributed by atoms with van der Waals surface area (Å²) in [5.41, 5.74) is 5.12. The highest BCUT2D eigenvalue weighted by molar-refractivity contribution is 5.94. The van der Waals surface area contributed by atoms with Crippen molar-refractivity contribution >= 4 is 11.7 Å². The quantitative estimate of drug-likeness (QED) is 0.725. The molecule has 1 aliphatic heterocycles. The van der Waals surface area contributed by atoms with E-state index in [0.29, 0.717) is 12.2 Å². The number of rotatable bonds is 5. The van der Waals surface area contributed by atoms with Crippen molar-refractivity contribution in [1.29, 1.82) is 0 Å². The molecule has 3 aromatic rings. The van der Waals surface area contributed by atoms with Crippen LogP contribution in [0.15, 0.2) is 30.5 Å². The van der Waals surface area contributed by atoms with Gasteiger partial charge in [0, 0.05) is 41.3 Å². The van der Waals surface area contributed by atoms with E-state index in [0.717, 1.165) is 46.8 Å². The van der Waals surface area contributed by atoms with E-state index in [1.54, 1.807) is 7.11 Å². The van der Waals surface area contributed by atoms with Crippen LogP contribution in [0.3, 0.4) is 0 Å². The first-order valence-electron chi connectivity index (χ1n) is 9.17. The van der Waals surface area contributed by atoms with E-state index in [1.165, 1.54) is 0 Å². The van der Waals surface area contributed by atoms with E-state index in [9.17, 15) is 4.79 Å². The van der Waals surface area contributed by atoms with Crippen LogP contribution in [-0.4, -0.2) is 33.0 Å². The Morgan fingerprint density at radius 1 is 1.30 bits per heavy atom. The van der Waals surface area contributed by atoms with Crippen molar-refractivity contribution in [3.8, 4) is 17.0 Å². The minimum absolute atomic E-state index is 0.0180. The van der Waals surface area contributed by atoms with E-state index < -0.39 is 0 Å². The van der Waals surface area contributed by atoms with Crippen molar-refractivity contribution in [3.63, 3.8) is 0 Å². The van der Waals surface area contributed by atoms with Gasteiger partial charge in [0.1, 0.15) is 5.75 Å². The third-order valence-electron chi connectivity index (χ3n) is 5.11. The summed E-state index contributed by atoms with van der Waals surface area (Å²) in [4.78, 5) is 12.3. The van der Waals surface area contributed by atoms with Gasteiger partial charge in [0.05, 0.1) is 19.0 Å². The van der Waals surface area contributed by atoms with E-state index >= 15 is 0 Å². The van der Waals surface area contributed by atoms with Gasteiger partial charge >= 0.3 is 0 Å². The van der Waals surface area contributed by atoms with E-state index in [2.05, 4.69) is 34.5 Å². The number of H-pyrrole nitrogens is 1. The Morgan fingerprint density at radius 2 is 2.07 bits per heavy atom. The Morgan fingerprint density at radius 3 is 2.78 bits per heavy atom. The maximum atomic E-state index is 12.3. The van der Waals surface area contributed by atoms with Crippen molar-refractivity contribution in [1.82, 2.24) is 20.0 Å². The zero-order valence-electron chi connectivity index (χ0n) is 15.7. The van der Waals surface area contributed by atoms with E-state index in [-0.39, 0.29) is 11.8 Å². The molecule has 1 aromatic carbocycles. The molecule has 0 spiro atoms. The Labute approximate surface area is 157 Å². The Hall–Kier alpha value is -3.09. The number of carbonyl (C=O) groups is 1. The molecule has 7 heteroatoms. The average molecular weight is 365 g/mol. The summed E-state index contributed by atoms with van der Waals surface area (Å²) in [7, 11) is 1.65. The largest absolute Gasteiger partial charge is 0.497 e. The molecule has 2 aromatic heterocycles. The van der Waals surface area contributed by atoms with Gasteiger partial charge in [-0.15, -0.1) is 0 Å². The molecule has 0 fully saturated rings. The number of carbonyl (C=O) groups excluding carboxylic acids is 1. The summed E-state index contributed by atoms with van der Waals surface area (Å²) in [5.74, 6) is 1.38. The summed E-state index contributed by atoms with van der Waals surface area (Å²) in [6.45, 7) is 5.02. The number of hydrogen-bond donors (Lipinski definition) is 2. The molecular weight excluding hydrogens is 342 g/mol. The monoisotopic (exact) mass is 365 g/mol. The molecule has 1 amide bonds. The molecule has 4 rings (SSSR count). The zero-order chi connectivity index (χ0) is 19.0. The first kappa shape index (κ1) is 17.3. The van der Waals surface area contributed by atoms with Gasteiger partial charge in [-0.2, -0.15) is 10.2 Å². The number of methoxy groups -OCH3 is 1. The lowest BCUT2D eigenvalue weighted by molar-refractivity contribution is -0.116. The van der Waals surface area contributed by atoms with Gasteiger partial charge in [0.15, 0.2) is 5.82 Å². The summed E-state index contributed by atoms with van der Waals surface area (Å²) in [6, 6.07) is 7.83. The molecule has 0 saturated heterocycles. The third kappa shape index (κ3) is 2.99. The van der Waals surface area contributed by atoms with Crippen molar-refractivity contribution < 1.29 is 9.53 Å². The molecule has 7 nitrogen and oxygen atoms in total. The molecule has 140 valence electrons. The standard InChI is InChI=1S/C20H23N5O2/c1-4-9-25-12(2)18-15(10-17(26)22-20(18)24-25)16-11-21-23-19(16)13-5-7-14(27-3)8-6-13/h5-8,11,15H,4,9-10H2,1-3H3,(H,21,23)(H,22,24,26). The second-order valence-electron chi connectivity index (χ2n) is 6.80. The van der Waals surface area contributed by atoms with Gasteiger partial charge in [-0.25, -0.2) is 0 Å².